The first-order valence-electron chi connectivity index (χ1n) is 5.38. The molecule has 0 aromatic rings. The van der Waals surface area contributed by atoms with Crippen LogP contribution in [0.3, 0.4) is 0 Å². The van der Waals surface area contributed by atoms with E-state index in [-0.39, 0.29) is 6.61 Å². The van der Waals surface area contributed by atoms with E-state index in [1.165, 1.54) is 0 Å². The molecule has 0 N–H and O–H groups in total. The first-order chi connectivity index (χ1) is 8.17. The van der Waals surface area contributed by atoms with Crippen LogP contribution in [0.25, 0.3) is 0 Å². The second kappa shape index (κ2) is 6.73. The highest BCUT2D eigenvalue weighted by Gasteiger charge is 2.31. The van der Waals surface area contributed by atoms with Gasteiger partial charge in [-0.2, -0.15) is 0 Å². The minimum Gasteiger partial charge on any atom is -0.465 e. The minimum absolute atomic E-state index is 0.0738. The summed E-state index contributed by atoms with van der Waals surface area (Å²) in [6.45, 7) is 6.53. The van der Waals surface area contributed by atoms with Crippen molar-refractivity contribution in [3.8, 4) is 0 Å². The molecule has 7 heteroatoms. The topological polar surface area (TPSA) is 95.7 Å². The molecule has 1 atom stereocenters. The molecule has 7 nitrogen and oxygen atoms in total. The van der Waals surface area contributed by atoms with Gasteiger partial charge in [0.1, 0.15) is 5.60 Å². The third kappa shape index (κ3) is 6.62. The average Bonchev–Trinajstić information content (AvgIpc) is 2.14. The molecule has 1 unspecified atom stereocenters. The van der Waals surface area contributed by atoms with Gasteiger partial charge in [-0.1, -0.05) is 0 Å². The zero-order chi connectivity index (χ0) is 14.3. The standard InChI is InChI=1S/C11H17NO6/c1-5-17-9(13)8(6-7-12(15)16)10(14)18-11(2,3)4/h6-8H,5H2,1-4H3/b7-6-. The second-order valence-corrected chi connectivity index (χ2v) is 4.39. The molecule has 0 amide bonds. The van der Waals surface area contributed by atoms with E-state index in [2.05, 4.69) is 4.74 Å². The Bertz CT molecular complexity index is 355. The van der Waals surface area contributed by atoms with Gasteiger partial charge in [0.05, 0.1) is 11.5 Å². The van der Waals surface area contributed by atoms with E-state index in [0.29, 0.717) is 6.20 Å². The predicted octanol–water partition coefficient (Wildman–Crippen LogP) is 1.30. The molecule has 0 aromatic carbocycles. The van der Waals surface area contributed by atoms with Crippen LogP contribution in [0.15, 0.2) is 12.3 Å². The molecule has 0 spiro atoms. The quantitative estimate of drug-likeness (QED) is 0.319. The maximum atomic E-state index is 11.7. The van der Waals surface area contributed by atoms with Gasteiger partial charge >= 0.3 is 11.9 Å². The Labute approximate surface area is 105 Å². The number of hydrogen-bond donors (Lipinski definition) is 0. The van der Waals surface area contributed by atoms with Gasteiger partial charge in [0, 0.05) is 6.08 Å². The Morgan fingerprint density at radius 1 is 1.33 bits per heavy atom. The van der Waals surface area contributed by atoms with Gasteiger partial charge in [0.25, 0.3) is 0 Å². The molecule has 0 saturated carbocycles. The minimum atomic E-state index is -1.42. The monoisotopic (exact) mass is 259 g/mol. The van der Waals surface area contributed by atoms with Crippen LogP contribution in [0.1, 0.15) is 27.7 Å². The molecular formula is C11H17NO6. The number of hydrogen-bond acceptors (Lipinski definition) is 6. The highest BCUT2D eigenvalue weighted by Crippen LogP contribution is 2.13. The number of esters is 2. The Kier molecular flexibility index (Phi) is 6.01. The molecule has 0 fully saturated rings. The fraction of sp³-hybridized carbons (Fsp3) is 0.636. The average molecular weight is 259 g/mol. The Hall–Kier alpha value is -1.92. The summed E-state index contributed by atoms with van der Waals surface area (Å²) >= 11 is 0. The summed E-state index contributed by atoms with van der Waals surface area (Å²) in [4.78, 5) is 32.6. The molecule has 0 aliphatic heterocycles. The van der Waals surface area contributed by atoms with Crippen LogP contribution in [0.2, 0.25) is 0 Å². The summed E-state index contributed by atoms with van der Waals surface area (Å²) in [5.74, 6) is -3.17. The van der Waals surface area contributed by atoms with E-state index in [1.54, 1.807) is 27.7 Å². The Balaban J connectivity index is 4.91. The Morgan fingerprint density at radius 3 is 2.28 bits per heavy atom. The largest absolute Gasteiger partial charge is 0.465 e. The number of nitrogens with zero attached hydrogens (tertiary/aromatic N) is 1. The van der Waals surface area contributed by atoms with Crippen molar-refractivity contribution in [1.29, 1.82) is 0 Å². The molecule has 0 heterocycles. The fourth-order valence-corrected chi connectivity index (χ4v) is 1.01. The van der Waals surface area contributed by atoms with Gasteiger partial charge in [-0.05, 0) is 27.7 Å². The van der Waals surface area contributed by atoms with Crippen molar-refractivity contribution in [2.45, 2.75) is 33.3 Å². The van der Waals surface area contributed by atoms with Crippen molar-refractivity contribution in [3.05, 3.63) is 22.4 Å². The van der Waals surface area contributed by atoms with Gasteiger partial charge < -0.3 is 9.47 Å². The van der Waals surface area contributed by atoms with Crippen molar-refractivity contribution >= 4 is 11.9 Å². The normalized spacial score (nSPS) is 13.1. The van der Waals surface area contributed by atoms with E-state index in [9.17, 15) is 19.7 Å². The maximum absolute atomic E-state index is 11.7. The smallest absolute Gasteiger partial charge is 0.325 e. The van der Waals surface area contributed by atoms with Gasteiger partial charge in [-0.3, -0.25) is 19.7 Å². The third-order valence-corrected chi connectivity index (χ3v) is 1.60. The lowest BCUT2D eigenvalue weighted by Crippen LogP contribution is -2.32. The second-order valence-electron chi connectivity index (χ2n) is 4.39. The van der Waals surface area contributed by atoms with Gasteiger partial charge in [0.2, 0.25) is 6.20 Å². The summed E-state index contributed by atoms with van der Waals surface area (Å²) in [6, 6.07) is 0. The lowest BCUT2D eigenvalue weighted by Gasteiger charge is -2.21. The SMILES string of the molecule is CCOC(=O)C(/C=C\[N+](=O)[O-])C(=O)OC(C)(C)C. The van der Waals surface area contributed by atoms with Crippen molar-refractivity contribution in [3.63, 3.8) is 0 Å². The molecule has 102 valence electrons. The van der Waals surface area contributed by atoms with Crippen molar-refractivity contribution in [1.82, 2.24) is 0 Å². The lowest BCUT2D eigenvalue weighted by molar-refractivity contribution is -0.402. The molecule has 0 aliphatic rings. The maximum Gasteiger partial charge on any atom is 0.325 e. The van der Waals surface area contributed by atoms with Gasteiger partial charge in [-0.15, -0.1) is 0 Å². The summed E-state index contributed by atoms with van der Waals surface area (Å²) in [6.07, 6.45) is 1.37. The number of nitro groups is 1. The van der Waals surface area contributed by atoms with E-state index in [1.807, 2.05) is 0 Å². The van der Waals surface area contributed by atoms with Crippen LogP contribution in [0.4, 0.5) is 0 Å². The zero-order valence-corrected chi connectivity index (χ0v) is 10.8. The molecule has 0 bridgehead atoms. The highest BCUT2D eigenvalue weighted by atomic mass is 16.6. The first kappa shape index (κ1) is 16.1. The predicted molar refractivity (Wildman–Crippen MR) is 62.1 cm³/mol. The van der Waals surface area contributed by atoms with E-state index in [4.69, 9.17) is 4.74 Å². The molecule has 0 aromatic heterocycles. The number of ether oxygens (including phenoxy) is 2. The summed E-state index contributed by atoms with van der Waals surface area (Å²) < 4.78 is 9.64. The fourth-order valence-electron chi connectivity index (χ4n) is 1.01. The molecule has 0 rings (SSSR count). The molecule has 0 radical (unpaired) electrons. The van der Waals surface area contributed by atoms with Crippen LogP contribution in [0, 0.1) is 16.0 Å². The van der Waals surface area contributed by atoms with Crippen molar-refractivity contribution in [2.24, 2.45) is 5.92 Å². The van der Waals surface area contributed by atoms with Crippen LogP contribution in [-0.2, 0) is 19.1 Å². The Morgan fingerprint density at radius 2 is 1.89 bits per heavy atom. The lowest BCUT2D eigenvalue weighted by atomic mass is 10.1. The van der Waals surface area contributed by atoms with Crippen molar-refractivity contribution in [2.75, 3.05) is 6.61 Å². The van der Waals surface area contributed by atoms with Gasteiger partial charge in [0.15, 0.2) is 5.92 Å². The van der Waals surface area contributed by atoms with Gasteiger partial charge in [-0.25, -0.2) is 0 Å². The first-order valence-corrected chi connectivity index (χ1v) is 5.38. The molecule has 0 aliphatic carbocycles. The third-order valence-electron chi connectivity index (χ3n) is 1.60. The summed E-state index contributed by atoms with van der Waals surface area (Å²) in [5, 5.41) is 10.2. The van der Waals surface area contributed by atoms with Crippen LogP contribution in [0.5, 0.6) is 0 Å². The van der Waals surface area contributed by atoms with Crippen molar-refractivity contribution < 1.29 is 24.0 Å². The zero-order valence-electron chi connectivity index (χ0n) is 10.8. The number of carbonyl (C=O) groups is 2. The molecular weight excluding hydrogens is 242 g/mol. The van der Waals surface area contributed by atoms with Crippen LogP contribution >= 0.6 is 0 Å². The van der Waals surface area contributed by atoms with Crippen LogP contribution in [-0.4, -0.2) is 29.1 Å². The van der Waals surface area contributed by atoms with E-state index in [0.717, 1.165) is 6.08 Å². The number of rotatable bonds is 5. The molecule has 0 saturated heterocycles. The van der Waals surface area contributed by atoms with E-state index >= 15 is 0 Å². The highest BCUT2D eigenvalue weighted by molar-refractivity contribution is 5.97. The molecule has 18 heavy (non-hydrogen) atoms. The van der Waals surface area contributed by atoms with Crippen LogP contribution < -0.4 is 0 Å². The van der Waals surface area contributed by atoms with E-state index < -0.39 is 28.4 Å². The summed E-state index contributed by atoms with van der Waals surface area (Å²) in [7, 11) is 0. The summed E-state index contributed by atoms with van der Waals surface area (Å²) in [5.41, 5.74) is -0.787. The number of carbonyl (C=O) groups excluding carboxylic acids is 2.